The number of β-amino-alcohol motifs (C(OH)–C–C–N with tert-alkyl or cyclic N) is 1. The second kappa shape index (κ2) is 8.75. The van der Waals surface area contributed by atoms with E-state index in [-0.39, 0.29) is 36.2 Å². The van der Waals surface area contributed by atoms with E-state index in [9.17, 15) is 19.5 Å². The number of hydrogen-bond acceptors (Lipinski definition) is 6. The van der Waals surface area contributed by atoms with Crippen LogP contribution in [-0.2, 0) is 19.1 Å². The van der Waals surface area contributed by atoms with Crippen LogP contribution in [0.5, 0.6) is 0 Å². The summed E-state index contributed by atoms with van der Waals surface area (Å²) in [5.74, 6) is -1.96. The van der Waals surface area contributed by atoms with Gasteiger partial charge in [0.25, 0.3) is 0 Å². The average molecular weight is 435 g/mol. The lowest BCUT2D eigenvalue weighted by atomic mass is 9.78. The van der Waals surface area contributed by atoms with Crippen molar-refractivity contribution >= 4 is 29.5 Å². The molecule has 4 aliphatic heterocycles. The molecule has 0 saturated carbocycles. The Kier molecular flexibility index (Phi) is 6.25. The summed E-state index contributed by atoms with van der Waals surface area (Å²) < 4.78 is 4.69. The van der Waals surface area contributed by atoms with Gasteiger partial charge in [0.1, 0.15) is 6.04 Å². The zero-order valence-corrected chi connectivity index (χ0v) is 18.2. The number of fused-ring (bicyclic) bond motifs is 2. The van der Waals surface area contributed by atoms with Gasteiger partial charge in [0, 0.05) is 24.9 Å². The number of amides is 2. The maximum Gasteiger partial charge on any atom is 0.311 e. The van der Waals surface area contributed by atoms with Crippen molar-refractivity contribution in [3.8, 4) is 0 Å². The lowest BCUT2D eigenvalue weighted by Gasteiger charge is -2.35. The number of esters is 1. The molecule has 8 heteroatoms. The van der Waals surface area contributed by atoms with Crippen LogP contribution in [0.15, 0.2) is 24.3 Å². The van der Waals surface area contributed by atoms with Crippen LogP contribution in [0.3, 0.4) is 0 Å². The maximum atomic E-state index is 13.6. The predicted molar refractivity (Wildman–Crippen MR) is 114 cm³/mol. The molecule has 30 heavy (non-hydrogen) atoms. The molecule has 0 bridgehead atoms. The normalized spacial score (nSPS) is 36.9. The van der Waals surface area contributed by atoms with Crippen LogP contribution in [-0.4, -0.2) is 81.6 Å². The molecule has 4 aliphatic rings. The Morgan fingerprint density at radius 1 is 1.23 bits per heavy atom. The summed E-state index contributed by atoms with van der Waals surface area (Å²) in [4.78, 5) is 43.5. The molecule has 1 spiro atoms. The monoisotopic (exact) mass is 434 g/mol. The van der Waals surface area contributed by atoms with Crippen LogP contribution >= 0.6 is 11.8 Å². The van der Waals surface area contributed by atoms with E-state index in [1.807, 2.05) is 18.2 Å². The van der Waals surface area contributed by atoms with E-state index in [1.165, 1.54) is 4.90 Å². The Labute approximate surface area is 181 Å². The van der Waals surface area contributed by atoms with E-state index < -0.39 is 22.6 Å². The molecule has 1 N–H and O–H groups in total. The van der Waals surface area contributed by atoms with Crippen molar-refractivity contribution in [2.75, 3.05) is 32.8 Å². The Balaban J connectivity index is 1.78. The van der Waals surface area contributed by atoms with Gasteiger partial charge in [-0.25, -0.2) is 0 Å². The standard InChI is InChI=1S/C22H30N2O5S/c1-2-3-10-23-11-7-9-22-17(19(26)24(12-13-25)18(22)20(23)27)16-15(30-22)8-5-4-6-14-29-21(16)28/h5,7-9,15-18,25H,2-4,6,10-14H2,1H3/b8-5-/t15-,16+,17+,18?,22+/m1/s1. The minimum Gasteiger partial charge on any atom is -0.465 e. The Hall–Kier alpha value is -1.80. The number of unbranched alkanes of at least 4 members (excludes halogenated alkanes) is 1. The highest BCUT2D eigenvalue weighted by molar-refractivity contribution is 8.02. The Morgan fingerprint density at radius 2 is 2.07 bits per heavy atom. The molecule has 1 unspecified atom stereocenters. The molecule has 4 rings (SSSR count). The summed E-state index contributed by atoms with van der Waals surface area (Å²) in [6, 6.07) is -0.709. The highest BCUT2D eigenvalue weighted by Crippen LogP contribution is 2.60. The van der Waals surface area contributed by atoms with Crippen molar-refractivity contribution in [2.45, 2.75) is 48.6 Å². The van der Waals surface area contributed by atoms with Crippen LogP contribution in [0.1, 0.15) is 32.6 Å². The van der Waals surface area contributed by atoms with Crippen molar-refractivity contribution in [1.82, 2.24) is 9.80 Å². The van der Waals surface area contributed by atoms with Gasteiger partial charge in [-0.2, -0.15) is 0 Å². The van der Waals surface area contributed by atoms with E-state index in [4.69, 9.17) is 4.74 Å². The molecule has 7 nitrogen and oxygen atoms in total. The molecule has 0 aliphatic carbocycles. The SMILES string of the molecule is CCCCN1CC=C[C@]23S[C@@H]4/C=C\CCCOC(=O)[C@@H]4[C@H]2C(=O)N(CCO)C3C1=O. The Morgan fingerprint density at radius 3 is 2.83 bits per heavy atom. The topological polar surface area (TPSA) is 87.2 Å². The van der Waals surface area contributed by atoms with Gasteiger partial charge >= 0.3 is 5.97 Å². The number of carbonyl (C=O) groups is 3. The first kappa shape index (κ1) is 21.4. The number of carbonyl (C=O) groups excluding carboxylic acids is 3. The molecule has 0 radical (unpaired) electrons. The lowest BCUT2D eigenvalue weighted by Crippen LogP contribution is -2.53. The third-order valence-electron chi connectivity index (χ3n) is 6.56. The Bertz CT molecular complexity index is 769. The van der Waals surface area contributed by atoms with Crippen LogP contribution in [0.2, 0.25) is 0 Å². The maximum absolute atomic E-state index is 13.6. The van der Waals surface area contributed by atoms with Crippen molar-refractivity contribution in [3.63, 3.8) is 0 Å². The first-order chi connectivity index (χ1) is 14.5. The van der Waals surface area contributed by atoms with Gasteiger partial charge < -0.3 is 19.6 Å². The van der Waals surface area contributed by atoms with E-state index in [0.717, 1.165) is 25.7 Å². The molecule has 2 fully saturated rings. The minimum absolute atomic E-state index is 0.0888. The van der Waals surface area contributed by atoms with Gasteiger partial charge in [-0.3, -0.25) is 14.4 Å². The van der Waals surface area contributed by atoms with Crippen LogP contribution in [0.4, 0.5) is 0 Å². The first-order valence-corrected chi connectivity index (χ1v) is 11.8. The van der Waals surface area contributed by atoms with E-state index in [0.29, 0.717) is 19.7 Å². The van der Waals surface area contributed by atoms with Crippen molar-refractivity contribution in [2.24, 2.45) is 11.8 Å². The molecule has 164 valence electrons. The van der Waals surface area contributed by atoms with E-state index >= 15 is 0 Å². The third-order valence-corrected chi connectivity index (χ3v) is 8.30. The summed E-state index contributed by atoms with van der Waals surface area (Å²) in [7, 11) is 0. The van der Waals surface area contributed by atoms with Gasteiger partial charge in [0.2, 0.25) is 11.8 Å². The van der Waals surface area contributed by atoms with Crippen LogP contribution in [0.25, 0.3) is 0 Å². The summed E-state index contributed by atoms with van der Waals surface area (Å²) in [5.41, 5.74) is 0. The van der Waals surface area contributed by atoms with E-state index in [1.54, 1.807) is 16.7 Å². The van der Waals surface area contributed by atoms with Gasteiger partial charge in [-0.05, 0) is 19.3 Å². The van der Waals surface area contributed by atoms with Crippen molar-refractivity contribution in [1.29, 1.82) is 0 Å². The fraction of sp³-hybridized carbons (Fsp3) is 0.682. The quantitative estimate of drug-likeness (QED) is 0.520. The lowest BCUT2D eigenvalue weighted by molar-refractivity contribution is -0.153. The molecule has 0 aromatic carbocycles. The van der Waals surface area contributed by atoms with E-state index in [2.05, 4.69) is 13.0 Å². The summed E-state index contributed by atoms with van der Waals surface area (Å²) >= 11 is 1.54. The van der Waals surface area contributed by atoms with Gasteiger partial charge in [0.15, 0.2) is 0 Å². The van der Waals surface area contributed by atoms with Gasteiger partial charge in [0.05, 0.1) is 29.8 Å². The number of nitrogens with zero attached hydrogens (tertiary/aromatic N) is 2. The summed E-state index contributed by atoms with van der Waals surface area (Å²) in [6.45, 7) is 3.43. The molecule has 2 saturated heterocycles. The smallest absolute Gasteiger partial charge is 0.311 e. The number of ether oxygens (including phenoxy) is 1. The molecular weight excluding hydrogens is 404 g/mol. The highest BCUT2D eigenvalue weighted by Gasteiger charge is 2.70. The summed E-state index contributed by atoms with van der Waals surface area (Å²) in [5, 5.41) is 9.41. The average Bonchev–Trinajstić information content (AvgIpc) is 3.13. The van der Waals surface area contributed by atoms with Gasteiger partial charge in [-0.1, -0.05) is 37.6 Å². The molecular formula is C22H30N2O5S. The van der Waals surface area contributed by atoms with Crippen molar-refractivity contribution < 1.29 is 24.2 Å². The molecule has 2 amide bonds. The predicted octanol–water partition coefficient (Wildman–Crippen LogP) is 1.37. The number of likely N-dealkylation sites (tertiary alicyclic amines) is 1. The minimum atomic E-state index is -0.817. The number of aliphatic hydroxyl groups excluding tert-OH is 1. The molecule has 4 heterocycles. The van der Waals surface area contributed by atoms with Crippen molar-refractivity contribution in [3.05, 3.63) is 24.3 Å². The zero-order chi connectivity index (χ0) is 21.3. The number of hydrogen-bond donors (Lipinski definition) is 1. The number of aliphatic hydroxyl groups is 1. The second-order valence-electron chi connectivity index (χ2n) is 8.38. The zero-order valence-electron chi connectivity index (χ0n) is 17.4. The van der Waals surface area contributed by atoms with Crippen LogP contribution in [0, 0.1) is 11.8 Å². The number of cyclic esters (lactones) is 1. The first-order valence-electron chi connectivity index (χ1n) is 10.9. The largest absolute Gasteiger partial charge is 0.465 e. The molecule has 0 aromatic heterocycles. The fourth-order valence-electron chi connectivity index (χ4n) is 5.20. The van der Waals surface area contributed by atoms with Gasteiger partial charge in [-0.15, -0.1) is 11.8 Å². The summed E-state index contributed by atoms with van der Waals surface area (Å²) in [6.07, 6.45) is 11.5. The number of allylic oxidation sites excluding steroid dienone is 1. The fourth-order valence-corrected chi connectivity index (χ4v) is 7.20. The molecule has 5 atom stereocenters. The third kappa shape index (κ3) is 3.38. The number of rotatable bonds is 5. The van der Waals surface area contributed by atoms with Crippen LogP contribution < -0.4 is 0 Å². The molecule has 0 aromatic rings. The number of thioether (sulfide) groups is 1. The second-order valence-corrected chi connectivity index (χ2v) is 9.86. The highest BCUT2D eigenvalue weighted by atomic mass is 32.2.